The van der Waals surface area contributed by atoms with Gasteiger partial charge in [0.15, 0.2) is 0 Å². The Bertz CT molecular complexity index is 265. The molecule has 18 heavy (non-hydrogen) atoms. The predicted octanol–water partition coefficient (Wildman–Crippen LogP) is 0.768. The third-order valence-electron chi connectivity index (χ3n) is 3.73. The Balaban J connectivity index is 2.73. The molecule has 1 rings (SSSR count). The Kier molecular flexibility index (Phi) is 6.05. The van der Waals surface area contributed by atoms with Crippen LogP contribution in [0.25, 0.3) is 0 Å². The second kappa shape index (κ2) is 7.07. The minimum atomic E-state index is -0.755. The van der Waals surface area contributed by atoms with Crippen LogP contribution in [0.1, 0.15) is 33.1 Å². The van der Waals surface area contributed by atoms with Gasteiger partial charge in [0.05, 0.1) is 12.1 Å². The van der Waals surface area contributed by atoms with Crippen LogP contribution in [0.15, 0.2) is 0 Å². The van der Waals surface area contributed by atoms with Crippen LogP contribution in [0.2, 0.25) is 0 Å². The maximum atomic E-state index is 12.6. The van der Waals surface area contributed by atoms with Crippen molar-refractivity contribution in [3.8, 4) is 0 Å². The largest absolute Gasteiger partial charge is 0.383 e. The van der Waals surface area contributed by atoms with Crippen LogP contribution in [-0.4, -0.2) is 55.9 Å². The van der Waals surface area contributed by atoms with Crippen molar-refractivity contribution in [1.29, 1.82) is 0 Å². The molecule has 2 N–H and O–H groups in total. The van der Waals surface area contributed by atoms with E-state index in [0.717, 1.165) is 6.42 Å². The predicted molar refractivity (Wildman–Crippen MR) is 70.3 cm³/mol. The van der Waals surface area contributed by atoms with Gasteiger partial charge in [-0.05, 0) is 26.2 Å². The first kappa shape index (κ1) is 15.4. The van der Waals surface area contributed by atoms with Crippen molar-refractivity contribution in [3.63, 3.8) is 0 Å². The van der Waals surface area contributed by atoms with E-state index >= 15 is 0 Å². The van der Waals surface area contributed by atoms with Gasteiger partial charge >= 0.3 is 0 Å². The molecule has 0 saturated carbocycles. The lowest BCUT2D eigenvalue weighted by Gasteiger charge is -2.39. The molecule has 1 aliphatic heterocycles. The summed E-state index contributed by atoms with van der Waals surface area (Å²) in [4.78, 5) is 14.5. The molecule has 1 atom stereocenters. The summed E-state index contributed by atoms with van der Waals surface area (Å²) in [6.07, 6.45) is 2.12. The number of amides is 1. The molecular weight excluding hydrogens is 232 g/mol. The molecule has 1 saturated heterocycles. The lowest BCUT2D eigenvalue weighted by molar-refractivity contribution is -0.143. The Hall–Kier alpha value is -0.650. The first-order chi connectivity index (χ1) is 8.55. The van der Waals surface area contributed by atoms with Gasteiger partial charge in [0.25, 0.3) is 0 Å². The van der Waals surface area contributed by atoms with E-state index in [2.05, 4.69) is 13.8 Å². The Morgan fingerprint density at radius 1 is 1.50 bits per heavy atom. The average molecular weight is 258 g/mol. The summed E-state index contributed by atoms with van der Waals surface area (Å²) in [7, 11) is 1.64. The molecular formula is C13H26N2O3. The van der Waals surface area contributed by atoms with Crippen molar-refractivity contribution in [2.24, 2.45) is 5.73 Å². The lowest BCUT2D eigenvalue weighted by atomic mass is 9.89. The normalized spacial score (nSPS) is 20.4. The number of ether oxygens (including phenoxy) is 2. The second-order valence-corrected chi connectivity index (χ2v) is 5.02. The van der Waals surface area contributed by atoms with Crippen LogP contribution < -0.4 is 5.73 Å². The van der Waals surface area contributed by atoms with Crippen LogP contribution in [0.3, 0.4) is 0 Å². The summed E-state index contributed by atoms with van der Waals surface area (Å²) in [6, 6.07) is 0.191. The van der Waals surface area contributed by atoms with Gasteiger partial charge < -0.3 is 20.1 Å². The summed E-state index contributed by atoms with van der Waals surface area (Å²) in [5.41, 5.74) is 5.50. The van der Waals surface area contributed by atoms with Gasteiger partial charge in [0.1, 0.15) is 0 Å². The first-order valence-corrected chi connectivity index (χ1v) is 6.71. The molecule has 1 unspecified atom stereocenters. The maximum absolute atomic E-state index is 12.6. The summed E-state index contributed by atoms with van der Waals surface area (Å²) in [5.74, 6) is 0.0391. The molecule has 0 aromatic carbocycles. The van der Waals surface area contributed by atoms with Crippen molar-refractivity contribution < 1.29 is 14.3 Å². The molecule has 0 bridgehead atoms. The Labute approximate surface area is 110 Å². The van der Waals surface area contributed by atoms with Gasteiger partial charge in [-0.2, -0.15) is 0 Å². The molecule has 1 heterocycles. The van der Waals surface area contributed by atoms with E-state index in [0.29, 0.717) is 39.2 Å². The number of hydrogen-bond acceptors (Lipinski definition) is 4. The second-order valence-electron chi connectivity index (χ2n) is 5.02. The highest BCUT2D eigenvalue weighted by molar-refractivity contribution is 5.86. The first-order valence-electron chi connectivity index (χ1n) is 6.71. The van der Waals surface area contributed by atoms with Crippen LogP contribution in [0.4, 0.5) is 0 Å². The molecule has 0 aromatic rings. The van der Waals surface area contributed by atoms with Crippen LogP contribution in [0, 0.1) is 0 Å². The van der Waals surface area contributed by atoms with E-state index in [1.807, 2.05) is 4.90 Å². The summed E-state index contributed by atoms with van der Waals surface area (Å²) in [5, 5.41) is 0. The number of carbonyl (C=O) groups is 1. The molecule has 0 spiro atoms. The highest BCUT2D eigenvalue weighted by Gasteiger charge is 2.39. The molecule has 0 radical (unpaired) electrons. The monoisotopic (exact) mass is 258 g/mol. The van der Waals surface area contributed by atoms with E-state index in [4.69, 9.17) is 15.2 Å². The number of hydrogen-bond donors (Lipinski definition) is 1. The van der Waals surface area contributed by atoms with Gasteiger partial charge in [-0.3, -0.25) is 4.79 Å². The molecule has 5 nitrogen and oxygen atoms in total. The average Bonchev–Trinajstić information content (AvgIpc) is 2.39. The van der Waals surface area contributed by atoms with Gasteiger partial charge in [-0.15, -0.1) is 0 Å². The van der Waals surface area contributed by atoms with Crippen LogP contribution in [0.5, 0.6) is 0 Å². The highest BCUT2D eigenvalue weighted by Crippen LogP contribution is 2.22. The topological polar surface area (TPSA) is 64.8 Å². The number of methoxy groups -OCH3 is 1. The van der Waals surface area contributed by atoms with Crippen molar-refractivity contribution in [1.82, 2.24) is 4.90 Å². The minimum absolute atomic E-state index is 0.0391. The summed E-state index contributed by atoms with van der Waals surface area (Å²) < 4.78 is 10.4. The van der Waals surface area contributed by atoms with E-state index in [1.165, 1.54) is 0 Å². The smallest absolute Gasteiger partial charge is 0.243 e. The fourth-order valence-corrected chi connectivity index (χ4v) is 2.17. The number of nitrogens with zero attached hydrogens (tertiary/aromatic N) is 1. The third kappa shape index (κ3) is 3.67. The van der Waals surface area contributed by atoms with E-state index in [1.54, 1.807) is 7.11 Å². The van der Waals surface area contributed by atoms with Crippen molar-refractivity contribution in [2.75, 3.05) is 33.5 Å². The number of nitrogens with two attached hydrogens (primary N) is 1. The number of carbonyl (C=O) groups excluding carboxylic acids is 1. The molecule has 106 valence electrons. The van der Waals surface area contributed by atoms with Crippen LogP contribution in [-0.2, 0) is 14.3 Å². The number of rotatable bonds is 6. The van der Waals surface area contributed by atoms with Crippen molar-refractivity contribution >= 4 is 5.91 Å². The Morgan fingerprint density at radius 3 is 2.61 bits per heavy atom. The summed E-state index contributed by atoms with van der Waals surface area (Å²) in [6.45, 7) is 6.41. The zero-order chi connectivity index (χ0) is 13.6. The zero-order valence-electron chi connectivity index (χ0n) is 11.8. The van der Waals surface area contributed by atoms with Crippen molar-refractivity contribution in [3.05, 3.63) is 0 Å². The van der Waals surface area contributed by atoms with E-state index < -0.39 is 5.54 Å². The molecule has 1 aliphatic rings. The fraction of sp³-hybridized carbons (Fsp3) is 0.923. The highest BCUT2D eigenvalue weighted by atomic mass is 16.5. The van der Waals surface area contributed by atoms with Gasteiger partial charge in [0.2, 0.25) is 5.91 Å². The molecule has 0 aromatic heterocycles. The Morgan fingerprint density at radius 2 is 2.11 bits per heavy atom. The van der Waals surface area contributed by atoms with E-state index in [-0.39, 0.29) is 11.9 Å². The summed E-state index contributed by atoms with van der Waals surface area (Å²) >= 11 is 0. The van der Waals surface area contributed by atoms with Gasteiger partial charge in [0, 0.05) is 32.9 Å². The quantitative estimate of drug-likeness (QED) is 0.764. The third-order valence-corrected chi connectivity index (χ3v) is 3.73. The van der Waals surface area contributed by atoms with Gasteiger partial charge in [-0.25, -0.2) is 0 Å². The SMILES string of the molecule is CCC(C)N(CCOC)C(=O)C1(N)CCOCC1. The minimum Gasteiger partial charge on any atom is -0.383 e. The molecule has 5 heteroatoms. The van der Waals surface area contributed by atoms with E-state index in [9.17, 15) is 4.79 Å². The van der Waals surface area contributed by atoms with Crippen molar-refractivity contribution in [2.45, 2.75) is 44.7 Å². The van der Waals surface area contributed by atoms with Crippen LogP contribution >= 0.6 is 0 Å². The zero-order valence-corrected chi connectivity index (χ0v) is 11.8. The maximum Gasteiger partial charge on any atom is 0.243 e. The van der Waals surface area contributed by atoms with Gasteiger partial charge in [-0.1, -0.05) is 6.92 Å². The molecule has 1 fully saturated rings. The molecule has 1 amide bonds. The molecule has 0 aliphatic carbocycles. The standard InChI is InChI=1S/C13H26N2O3/c1-4-11(2)15(7-10-17-3)12(16)13(14)5-8-18-9-6-13/h11H,4-10,14H2,1-3H3. The lowest BCUT2D eigenvalue weighted by Crippen LogP contribution is -2.60. The fourth-order valence-electron chi connectivity index (χ4n) is 2.17.